The first-order valence-corrected chi connectivity index (χ1v) is 7.03. The number of sulfonamides is 1. The second-order valence-corrected chi connectivity index (χ2v) is 6.35. The van der Waals surface area contributed by atoms with Crippen LogP contribution in [0.25, 0.3) is 0 Å². The number of hydrogen-bond donors (Lipinski definition) is 1. The standard InChI is InChI=1S/C8H12ClNO2S2/c1-2-7(9)6-10-14(11,12)8-4-3-5-13-8/h3-5,7,10H,2,6H2,1H3. The summed E-state index contributed by atoms with van der Waals surface area (Å²) < 4.78 is 25.9. The van der Waals surface area contributed by atoms with E-state index in [2.05, 4.69) is 4.72 Å². The lowest BCUT2D eigenvalue weighted by Gasteiger charge is -2.07. The molecule has 6 heteroatoms. The van der Waals surface area contributed by atoms with Gasteiger partial charge in [0.25, 0.3) is 0 Å². The van der Waals surface area contributed by atoms with Gasteiger partial charge in [-0.15, -0.1) is 22.9 Å². The third-order valence-electron chi connectivity index (χ3n) is 1.70. The van der Waals surface area contributed by atoms with Crippen LogP contribution in [0.2, 0.25) is 0 Å². The van der Waals surface area contributed by atoms with Crippen molar-refractivity contribution in [2.75, 3.05) is 6.54 Å². The Morgan fingerprint density at radius 1 is 1.64 bits per heavy atom. The van der Waals surface area contributed by atoms with Crippen LogP contribution in [0.5, 0.6) is 0 Å². The molecule has 0 amide bonds. The predicted octanol–water partition coefficient (Wildman–Crippen LogP) is 2.04. The van der Waals surface area contributed by atoms with Crippen molar-refractivity contribution in [3.63, 3.8) is 0 Å². The summed E-state index contributed by atoms with van der Waals surface area (Å²) in [6.45, 7) is 2.19. The summed E-state index contributed by atoms with van der Waals surface area (Å²) in [6.07, 6.45) is 0.745. The zero-order chi connectivity index (χ0) is 10.6. The van der Waals surface area contributed by atoms with Gasteiger partial charge in [-0.25, -0.2) is 13.1 Å². The second-order valence-electron chi connectivity index (χ2n) is 2.79. The Morgan fingerprint density at radius 2 is 2.36 bits per heavy atom. The summed E-state index contributed by atoms with van der Waals surface area (Å²) in [4.78, 5) is 0. The zero-order valence-corrected chi connectivity index (χ0v) is 10.1. The minimum Gasteiger partial charge on any atom is -0.209 e. The van der Waals surface area contributed by atoms with Crippen molar-refractivity contribution in [3.05, 3.63) is 17.5 Å². The summed E-state index contributed by atoms with van der Waals surface area (Å²) in [7, 11) is -3.34. The van der Waals surface area contributed by atoms with Gasteiger partial charge in [-0.2, -0.15) is 0 Å². The maximum atomic E-state index is 11.6. The average Bonchev–Trinajstić information content (AvgIpc) is 2.67. The van der Waals surface area contributed by atoms with Crippen molar-refractivity contribution < 1.29 is 8.42 Å². The van der Waals surface area contributed by atoms with E-state index < -0.39 is 10.0 Å². The Kier molecular flexibility index (Phi) is 4.37. The number of rotatable bonds is 5. The molecular weight excluding hydrogens is 242 g/mol. The van der Waals surface area contributed by atoms with Crippen LogP contribution in [-0.4, -0.2) is 20.3 Å². The lowest BCUT2D eigenvalue weighted by molar-refractivity contribution is 0.581. The summed E-state index contributed by atoms with van der Waals surface area (Å²) in [5.74, 6) is 0. The molecule has 1 atom stereocenters. The first-order chi connectivity index (χ1) is 6.56. The number of hydrogen-bond acceptors (Lipinski definition) is 3. The molecule has 1 heterocycles. The van der Waals surface area contributed by atoms with Crippen molar-refractivity contribution in [2.24, 2.45) is 0 Å². The fourth-order valence-electron chi connectivity index (χ4n) is 0.832. The minimum atomic E-state index is -3.34. The first-order valence-electron chi connectivity index (χ1n) is 4.23. The van der Waals surface area contributed by atoms with Crippen LogP contribution in [0.4, 0.5) is 0 Å². The Labute approximate surface area is 93.1 Å². The van der Waals surface area contributed by atoms with Crippen LogP contribution in [-0.2, 0) is 10.0 Å². The van der Waals surface area contributed by atoms with Crippen LogP contribution in [0.15, 0.2) is 21.7 Å². The zero-order valence-electron chi connectivity index (χ0n) is 7.73. The molecule has 80 valence electrons. The largest absolute Gasteiger partial charge is 0.250 e. The van der Waals surface area contributed by atoms with Gasteiger partial charge in [0, 0.05) is 11.9 Å². The molecule has 0 aliphatic heterocycles. The van der Waals surface area contributed by atoms with Gasteiger partial charge >= 0.3 is 0 Å². The van der Waals surface area contributed by atoms with Gasteiger partial charge in [-0.05, 0) is 17.9 Å². The lowest BCUT2D eigenvalue weighted by Crippen LogP contribution is -2.29. The first kappa shape index (κ1) is 12.0. The highest BCUT2D eigenvalue weighted by atomic mass is 35.5. The van der Waals surface area contributed by atoms with E-state index in [-0.39, 0.29) is 11.9 Å². The summed E-state index contributed by atoms with van der Waals surface area (Å²) in [6, 6.07) is 3.28. The Bertz CT molecular complexity index is 361. The third-order valence-corrected chi connectivity index (χ3v) is 4.98. The van der Waals surface area contributed by atoms with E-state index in [0.717, 1.165) is 6.42 Å². The molecule has 0 aliphatic carbocycles. The molecule has 0 bridgehead atoms. The number of alkyl halides is 1. The van der Waals surface area contributed by atoms with Gasteiger partial charge in [0.2, 0.25) is 10.0 Å². The van der Waals surface area contributed by atoms with Crippen LogP contribution in [0.1, 0.15) is 13.3 Å². The van der Waals surface area contributed by atoms with Crippen molar-refractivity contribution in [1.82, 2.24) is 4.72 Å². The van der Waals surface area contributed by atoms with E-state index in [0.29, 0.717) is 4.21 Å². The highest BCUT2D eigenvalue weighted by molar-refractivity contribution is 7.91. The van der Waals surface area contributed by atoms with Crippen LogP contribution < -0.4 is 4.72 Å². The number of nitrogens with one attached hydrogen (secondary N) is 1. The quantitative estimate of drug-likeness (QED) is 0.817. The van der Waals surface area contributed by atoms with Gasteiger partial charge in [0.05, 0.1) is 0 Å². The number of halogens is 1. The average molecular weight is 254 g/mol. The van der Waals surface area contributed by atoms with Gasteiger partial charge < -0.3 is 0 Å². The van der Waals surface area contributed by atoms with E-state index in [1.165, 1.54) is 11.3 Å². The van der Waals surface area contributed by atoms with Crippen molar-refractivity contribution in [3.8, 4) is 0 Å². The van der Waals surface area contributed by atoms with Crippen LogP contribution in [0, 0.1) is 0 Å². The monoisotopic (exact) mass is 253 g/mol. The van der Waals surface area contributed by atoms with Crippen molar-refractivity contribution >= 4 is 33.0 Å². The maximum absolute atomic E-state index is 11.6. The molecule has 3 nitrogen and oxygen atoms in total. The van der Waals surface area contributed by atoms with Crippen LogP contribution >= 0.6 is 22.9 Å². The molecular formula is C8H12ClNO2S2. The van der Waals surface area contributed by atoms with Crippen molar-refractivity contribution in [2.45, 2.75) is 22.9 Å². The van der Waals surface area contributed by atoms with E-state index in [1.807, 2.05) is 6.92 Å². The van der Waals surface area contributed by atoms with Crippen LogP contribution in [0.3, 0.4) is 0 Å². The molecule has 0 fully saturated rings. The molecule has 1 aromatic rings. The molecule has 0 saturated carbocycles. The van der Waals surface area contributed by atoms with Gasteiger partial charge in [-0.1, -0.05) is 13.0 Å². The van der Waals surface area contributed by atoms with Gasteiger partial charge in [0.15, 0.2) is 0 Å². The molecule has 14 heavy (non-hydrogen) atoms. The van der Waals surface area contributed by atoms with E-state index in [1.54, 1.807) is 17.5 Å². The fraction of sp³-hybridized carbons (Fsp3) is 0.500. The van der Waals surface area contributed by atoms with E-state index in [4.69, 9.17) is 11.6 Å². The maximum Gasteiger partial charge on any atom is 0.250 e. The van der Waals surface area contributed by atoms with E-state index in [9.17, 15) is 8.42 Å². The summed E-state index contributed by atoms with van der Waals surface area (Å²) in [5, 5.41) is 1.58. The molecule has 1 unspecified atom stereocenters. The topological polar surface area (TPSA) is 46.2 Å². The Balaban J connectivity index is 2.60. The third kappa shape index (κ3) is 3.24. The second kappa shape index (κ2) is 5.11. The highest BCUT2D eigenvalue weighted by Crippen LogP contribution is 2.15. The summed E-state index contributed by atoms with van der Waals surface area (Å²) >= 11 is 7.00. The van der Waals surface area contributed by atoms with Gasteiger partial charge in [0.1, 0.15) is 4.21 Å². The van der Waals surface area contributed by atoms with E-state index >= 15 is 0 Å². The molecule has 1 rings (SSSR count). The molecule has 0 saturated heterocycles. The Hall–Kier alpha value is -0.100. The molecule has 0 aliphatic rings. The Morgan fingerprint density at radius 3 is 2.86 bits per heavy atom. The molecule has 0 spiro atoms. The smallest absolute Gasteiger partial charge is 0.209 e. The molecule has 1 N–H and O–H groups in total. The fourth-order valence-corrected chi connectivity index (χ4v) is 3.12. The van der Waals surface area contributed by atoms with Crippen molar-refractivity contribution in [1.29, 1.82) is 0 Å². The summed E-state index contributed by atoms with van der Waals surface area (Å²) in [5.41, 5.74) is 0. The lowest BCUT2D eigenvalue weighted by atomic mass is 10.3. The highest BCUT2D eigenvalue weighted by Gasteiger charge is 2.15. The number of thiophene rings is 1. The molecule has 0 aromatic carbocycles. The molecule has 1 aromatic heterocycles. The normalized spacial score (nSPS) is 14.1. The minimum absolute atomic E-state index is 0.148. The SMILES string of the molecule is CCC(Cl)CNS(=O)(=O)c1cccs1. The molecule has 0 radical (unpaired) electrons. The predicted molar refractivity (Wildman–Crippen MR) is 59.4 cm³/mol. The van der Waals surface area contributed by atoms with Gasteiger partial charge in [-0.3, -0.25) is 0 Å².